The van der Waals surface area contributed by atoms with Crippen LogP contribution in [0.5, 0.6) is 0 Å². The lowest BCUT2D eigenvalue weighted by molar-refractivity contribution is -0.126. The van der Waals surface area contributed by atoms with Crippen molar-refractivity contribution < 1.29 is 9.53 Å². The molecule has 1 aliphatic rings. The second-order valence-corrected chi connectivity index (χ2v) is 5.28. The first-order valence-electron chi connectivity index (χ1n) is 6.04. The largest absolute Gasteiger partial charge is 0.378 e. The monoisotopic (exact) mass is 312 g/mol. The van der Waals surface area contributed by atoms with Gasteiger partial charge in [0.25, 0.3) is 0 Å². The van der Waals surface area contributed by atoms with Crippen LogP contribution in [0.3, 0.4) is 0 Å². The number of carbonyl (C=O) groups is 1. The molecule has 1 aromatic rings. The molecule has 98 valence electrons. The third-order valence-corrected chi connectivity index (χ3v) is 3.50. The Balaban J connectivity index is 1.91. The predicted molar refractivity (Wildman–Crippen MR) is 73.3 cm³/mol. The second kappa shape index (κ2) is 6.31. The van der Waals surface area contributed by atoms with Crippen LogP contribution in [-0.2, 0) is 9.53 Å². The van der Waals surface area contributed by atoms with Gasteiger partial charge in [0.05, 0.1) is 19.3 Å². The maximum absolute atomic E-state index is 12.0. The molecule has 1 aromatic carbocycles. The van der Waals surface area contributed by atoms with Crippen molar-refractivity contribution in [2.75, 3.05) is 19.8 Å². The highest BCUT2D eigenvalue weighted by molar-refractivity contribution is 9.10. The number of morpholine rings is 1. The molecule has 1 heterocycles. The van der Waals surface area contributed by atoms with E-state index < -0.39 is 0 Å². The number of halogens is 1. The van der Waals surface area contributed by atoms with Gasteiger partial charge in [0, 0.05) is 11.0 Å². The summed E-state index contributed by atoms with van der Waals surface area (Å²) >= 11 is 3.39. The van der Waals surface area contributed by atoms with E-state index in [9.17, 15) is 4.79 Å². The van der Waals surface area contributed by atoms with Gasteiger partial charge in [0.2, 0.25) is 5.91 Å². The van der Waals surface area contributed by atoms with E-state index in [-0.39, 0.29) is 18.0 Å². The number of hydrogen-bond donors (Lipinski definition) is 2. The van der Waals surface area contributed by atoms with Crippen molar-refractivity contribution in [2.45, 2.75) is 19.0 Å². The summed E-state index contributed by atoms with van der Waals surface area (Å²) in [5.41, 5.74) is 1.09. The van der Waals surface area contributed by atoms with Crippen molar-refractivity contribution >= 4 is 21.8 Å². The van der Waals surface area contributed by atoms with Crippen LogP contribution >= 0.6 is 15.9 Å². The molecule has 0 spiro atoms. The summed E-state index contributed by atoms with van der Waals surface area (Å²) in [6.45, 7) is 3.82. The van der Waals surface area contributed by atoms with Gasteiger partial charge < -0.3 is 15.4 Å². The minimum absolute atomic E-state index is 0.00525. The Kier molecular flexibility index (Phi) is 4.74. The van der Waals surface area contributed by atoms with E-state index in [0.29, 0.717) is 13.2 Å². The molecule has 0 aromatic heterocycles. The van der Waals surface area contributed by atoms with Gasteiger partial charge in [-0.1, -0.05) is 28.1 Å². The van der Waals surface area contributed by atoms with Crippen LogP contribution in [-0.4, -0.2) is 31.7 Å². The van der Waals surface area contributed by atoms with Crippen LogP contribution < -0.4 is 10.6 Å². The molecule has 0 saturated carbocycles. The van der Waals surface area contributed by atoms with Crippen LogP contribution in [0.2, 0.25) is 0 Å². The number of benzene rings is 1. The first-order valence-corrected chi connectivity index (χ1v) is 6.83. The summed E-state index contributed by atoms with van der Waals surface area (Å²) in [6.07, 6.45) is 0. The number of amides is 1. The van der Waals surface area contributed by atoms with Crippen LogP contribution in [0.4, 0.5) is 0 Å². The van der Waals surface area contributed by atoms with Crippen molar-refractivity contribution in [1.29, 1.82) is 0 Å². The zero-order chi connectivity index (χ0) is 13.0. The molecule has 1 unspecified atom stereocenters. The van der Waals surface area contributed by atoms with E-state index in [0.717, 1.165) is 16.6 Å². The SMILES string of the molecule is C[C@H](NC(=O)C1COCCN1)c1ccc(Br)cc1. The van der Waals surface area contributed by atoms with Crippen molar-refractivity contribution in [3.63, 3.8) is 0 Å². The van der Waals surface area contributed by atoms with Gasteiger partial charge in [-0.2, -0.15) is 0 Å². The van der Waals surface area contributed by atoms with Gasteiger partial charge in [-0.3, -0.25) is 4.79 Å². The highest BCUT2D eigenvalue weighted by Gasteiger charge is 2.22. The average molecular weight is 313 g/mol. The molecule has 1 fully saturated rings. The summed E-state index contributed by atoms with van der Waals surface area (Å²) in [6, 6.07) is 7.70. The molecule has 1 saturated heterocycles. The second-order valence-electron chi connectivity index (χ2n) is 4.36. The minimum atomic E-state index is -0.239. The fraction of sp³-hybridized carbons (Fsp3) is 0.462. The number of hydrogen-bond acceptors (Lipinski definition) is 3. The number of carbonyl (C=O) groups excluding carboxylic acids is 1. The maximum Gasteiger partial charge on any atom is 0.240 e. The summed E-state index contributed by atoms with van der Waals surface area (Å²) in [5.74, 6) is -0.00915. The summed E-state index contributed by atoms with van der Waals surface area (Å²) < 4.78 is 6.31. The summed E-state index contributed by atoms with van der Waals surface area (Å²) in [7, 11) is 0. The van der Waals surface area contributed by atoms with Gasteiger partial charge in [0.1, 0.15) is 6.04 Å². The van der Waals surface area contributed by atoms with Crippen LogP contribution in [0.1, 0.15) is 18.5 Å². The van der Waals surface area contributed by atoms with E-state index in [1.54, 1.807) is 0 Å². The van der Waals surface area contributed by atoms with Crippen molar-refractivity contribution in [3.05, 3.63) is 34.3 Å². The van der Waals surface area contributed by atoms with Gasteiger partial charge in [-0.15, -0.1) is 0 Å². The van der Waals surface area contributed by atoms with E-state index in [1.165, 1.54) is 0 Å². The summed E-state index contributed by atoms with van der Waals surface area (Å²) in [4.78, 5) is 12.0. The van der Waals surface area contributed by atoms with Crippen LogP contribution in [0.15, 0.2) is 28.7 Å². The molecular formula is C13H17BrN2O2. The molecule has 2 rings (SSSR count). The zero-order valence-electron chi connectivity index (χ0n) is 10.3. The molecule has 5 heteroatoms. The molecular weight excluding hydrogens is 296 g/mol. The lowest BCUT2D eigenvalue weighted by atomic mass is 10.1. The topological polar surface area (TPSA) is 50.4 Å². The maximum atomic E-state index is 12.0. The average Bonchev–Trinajstić information content (AvgIpc) is 2.40. The van der Waals surface area contributed by atoms with Crippen molar-refractivity contribution in [2.24, 2.45) is 0 Å². The Labute approximate surface area is 115 Å². The zero-order valence-corrected chi connectivity index (χ0v) is 11.9. The van der Waals surface area contributed by atoms with Gasteiger partial charge >= 0.3 is 0 Å². The first kappa shape index (κ1) is 13.5. The Hall–Kier alpha value is -0.910. The molecule has 4 nitrogen and oxygen atoms in total. The molecule has 0 aliphatic carbocycles. The quantitative estimate of drug-likeness (QED) is 0.891. The van der Waals surface area contributed by atoms with Crippen LogP contribution in [0, 0.1) is 0 Å². The Morgan fingerprint density at radius 3 is 2.83 bits per heavy atom. The smallest absolute Gasteiger partial charge is 0.240 e. The lowest BCUT2D eigenvalue weighted by Crippen LogP contribution is -2.51. The number of ether oxygens (including phenoxy) is 1. The molecule has 1 amide bonds. The number of nitrogens with one attached hydrogen (secondary N) is 2. The Morgan fingerprint density at radius 2 is 2.22 bits per heavy atom. The van der Waals surface area contributed by atoms with E-state index in [2.05, 4.69) is 26.6 Å². The molecule has 18 heavy (non-hydrogen) atoms. The summed E-state index contributed by atoms with van der Waals surface area (Å²) in [5, 5.41) is 6.13. The van der Waals surface area contributed by atoms with Crippen molar-refractivity contribution in [1.82, 2.24) is 10.6 Å². The fourth-order valence-corrected chi connectivity index (χ4v) is 2.15. The van der Waals surface area contributed by atoms with Gasteiger partial charge in [-0.05, 0) is 24.6 Å². The molecule has 2 atom stereocenters. The number of rotatable bonds is 3. The lowest BCUT2D eigenvalue weighted by Gasteiger charge is -2.25. The molecule has 1 aliphatic heterocycles. The fourth-order valence-electron chi connectivity index (χ4n) is 1.88. The molecule has 2 N–H and O–H groups in total. The van der Waals surface area contributed by atoms with Gasteiger partial charge in [-0.25, -0.2) is 0 Å². The minimum Gasteiger partial charge on any atom is -0.378 e. The first-order chi connectivity index (χ1) is 8.66. The third kappa shape index (κ3) is 3.54. The van der Waals surface area contributed by atoms with Crippen molar-refractivity contribution in [3.8, 4) is 0 Å². The predicted octanol–water partition coefficient (Wildman–Crippen LogP) is 1.61. The Bertz CT molecular complexity index is 402. The molecule has 0 radical (unpaired) electrons. The highest BCUT2D eigenvalue weighted by Crippen LogP contribution is 2.16. The van der Waals surface area contributed by atoms with Crippen LogP contribution in [0.25, 0.3) is 0 Å². The Morgan fingerprint density at radius 1 is 1.50 bits per heavy atom. The van der Waals surface area contributed by atoms with E-state index in [4.69, 9.17) is 4.74 Å². The molecule has 0 bridgehead atoms. The standard InChI is InChI=1S/C13H17BrN2O2/c1-9(10-2-4-11(14)5-3-10)16-13(17)12-8-18-7-6-15-12/h2-5,9,12,15H,6-8H2,1H3,(H,16,17)/t9-,12?/m0/s1. The van der Waals surface area contributed by atoms with E-state index in [1.807, 2.05) is 31.2 Å². The third-order valence-electron chi connectivity index (χ3n) is 2.97. The van der Waals surface area contributed by atoms with E-state index >= 15 is 0 Å². The normalized spacial score (nSPS) is 21.3. The van der Waals surface area contributed by atoms with Gasteiger partial charge in [0.15, 0.2) is 0 Å². The highest BCUT2D eigenvalue weighted by atomic mass is 79.9.